The second-order valence-corrected chi connectivity index (χ2v) is 6.99. The van der Waals surface area contributed by atoms with Gasteiger partial charge in [-0.15, -0.1) is 11.3 Å². The van der Waals surface area contributed by atoms with Crippen LogP contribution < -0.4 is 5.32 Å². The van der Waals surface area contributed by atoms with Crippen molar-refractivity contribution in [3.8, 4) is 0 Å². The van der Waals surface area contributed by atoms with Crippen LogP contribution in [0.25, 0.3) is 10.3 Å². The largest absolute Gasteiger partial charge is 0.311 e. The van der Waals surface area contributed by atoms with Crippen LogP contribution in [0.15, 0.2) is 12.3 Å². The second kappa shape index (κ2) is 4.60. The summed E-state index contributed by atoms with van der Waals surface area (Å²) < 4.78 is 0. The monoisotopic (exact) mass is 287 g/mol. The number of carbonyl (C=O) groups is 1. The maximum Gasteiger partial charge on any atom is 0.169 e. The fourth-order valence-electron chi connectivity index (χ4n) is 3.50. The van der Waals surface area contributed by atoms with Crippen molar-refractivity contribution < 1.29 is 4.79 Å². The first kappa shape index (κ1) is 12.4. The van der Waals surface area contributed by atoms with Gasteiger partial charge >= 0.3 is 0 Å². The highest BCUT2D eigenvalue weighted by Crippen LogP contribution is 2.37. The van der Waals surface area contributed by atoms with E-state index in [-0.39, 0.29) is 5.78 Å². The highest BCUT2D eigenvalue weighted by molar-refractivity contribution is 7.20. The van der Waals surface area contributed by atoms with E-state index in [1.165, 1.54) is 37.0 Å². The summed E-state index contributed by atoms with van der Waals surface area (Å²) in [4.78, 5) is 22.4. The van der Waals surface area contributed by atoms with Crippen LogP contribution >= 0.6 is 11.3 Å². The van der Waals surface area contributed by atoms with E-state index < -0.39 is 0 Å². The zero-order valence-corrected chi connectivity index (χ0v) is 12.2. The summed E-state index contributed by atoms with van der Waals surface area (Å²) in [6, 6.07) is 3.17. The zero-order valence-electron chi connectivity index (χ0n) is 11.4. The number of nitrogens with one attached hydrogen (secondary N) is 1. The first-order chi connectivity index (χ1) is 9.69. The van der Waals surface area contributed by atoms with Crippen molar-refractivity contribution in [1.29, 1.82) is 0 Å². The van der Waals surface area contributed by atoms with Crippen molar-refractivity contribution in [3.05, 3.63) is 22.8 Å². The molecule has 0 saturated carbocycles. The predicted molar refractivity (Wildman–Crippen MR) is 79.3 cm³/mol. The van der Waals surface area contributed by atoms with Gasteiger partial charge in [-0.05, 0) is 38.7 Å². The van der Waals surface area contributed by atoms with Crippen LogP contribution in [0, 0.1) is 0 Å². The van der Waals surface area contributed by atoms with Gasteiger partial charge in [-0.2, -0.15) is 0 Å². The molecule has 2 aliphatic rings. The third-order valence-electron chi connectivity index (χ3n) is 4.50. The van der Waals surface area contributed by atoms with Crippen LogP contribution in [0.4, 0.5) is 0 Å². The molecule has 2 fully saturated rings. The molecule has 2 aromatic rings. The van der Waals surface area contributed by atoms with E-state index in [1.54, 1.807) is 6.92 Å². The molecule has 20 heavy (non-hydrogen) atoms. The summed E-state index contributed by atoms with van der Waals surface area (Å²) in [5.41, 5.74) is 1.95. The van der Waals surface area contributed by atoms with Crippen molar-refractivity contribution in [1.82, 2.24) is 15.3 Å². The predicted octanol–water partition coefficient (Wildman–Crippen LogP) is 2.89. The van der Waals surface area contributed by atoms with Gasteiger partial charge in [0, 0.05) is 24.2 Å². The lowest BCUT2D eigenvalue weighted by molar-refractivity contribution is 0.102. The summed E-state index contributed by atoms with van der Waals surface area (Å²) in [6.07, 6.45) is 6.84. The Kier molecular flexibility index (Phi) is 2.86. The lowest BCUT2D eigenvalue weighted by atomic mass is 9.90. The Hall–Kier alpha value is -1.33. The van der Waals surface area contributed by atoms with Crippen molar-refractivity contribution in [2.24, 2.45) is 0 Å². The fraction of sp³-hybridized carbons (Fsp3) is 0.533. The van der Waals surface area contributed by atoms with Gasteiger partial charge in [-0.3, -0.25) is 9.78 Å². The molecule has 0 aromatic carbocycles. The van der Waals surface area contributed by atoms with Gasteiger partial charge in [0.05, 0.1) is 10.6 Å². The standard InChI is InChI=1S/C15H17N3OS/c1-8(19)14-6-12-15(20-14)18-13(7-16-12)9-4-10-2-3-11(5-9)17-10/h6-7,9-11,17H,2-5H2,1H3. The number of ketones is 1. The summed E-state index contributed by atoms with van der Waals surface area (Å²) in [5, 5.41) is 3.66. The zero-order chi connectivity index (χ0) is 13.7. The fourth-order valence-corrected chi connectivity index (χ4v) is 4.38. The molecule has 2 aliphatic heterocycles. The van der Waals surface area contributed by atoms with Gasteiger partial charge in [0.15, 0.2) is 5.78 Å². The van der Waals surface area contributed by atoms with Gasteiger partial charge in [-0.25, -0.2) is 4.98 Å². The van der Waals surface area contributed by atoms with E-state index in [4.69, 9.17) is 4.98 Å². The van der Waals surface area contributed by atoms with E-state index in [9.17, 15) is 4.79 Å². The Morgan fingerprint density at radius 1 is 1.35 bits per heavy atom. The van der Waals surface area contributed by atoms with E-state index in [2.05, 4.69) is 10.3 Å². The van der Waals surface area contributed by atoms with Gasteiger partial charge in [0.2, 0.25) is 0 Å². The van der Waals surface area contributed by atoms with E-state index >= 15 is 0 Å². The molecule has 0 amide bonds. The Labute approximate surface area is 121 Å². The van der Waals surface area contributed by atoms with Crippen molar-refractivity contribution in [2.45, 2.75) is 50.6 Å². The summed E-state index contributed by atoms with van der Waals surface area (Å²) in [7, 11) is 0. The third-order valence-corrected chi connectivity index (χ3v) is 5.62. The van der Waals surface area contributed by atoms with Crippen LogP contribution in [0.1, 0.15) is 53.9 Å². The molecule has 104 valence electrons. The average Bonchev–Trinajstić information content (AvgIpc) is 3.01. The van der Waals surface area contributed by atoms with Crippen molar-refractivity contribution in [3.63, 3.8) is 0 Å². The van der Waals surface area contributed by atoms with Crippen molar-refractivity contribution >= 4 is 27.5 Å². The normalized spacial score (nSPS) is 28.9. The number of hydrogen-bond donors (Lipinski definition) is 1. The summed E-state index contributed by atoms with van der Waals surface area (Å²) in [5.74, 6) is 0.616. The van der Waals surface area contributed by atoms with Crippen LogP contribution in [-0.2, 0) is 0 Å². The maximum absolute atomic E-state index is 11.4. The van der Waals surface area contributed by atoms with E-state index in [1.807, 2.05) is 12.3 Å². The number of rotatable bonds is 2. The molecule has 4 rings (SSSR count). The first-order valence-corrected chi connectivity index (χ1v) is 8.04. The number of Topliss-reactive ketones (excluding diaryl/α,β-unsaturated/α-hetero) is 1. The molecule has 2 bridgehead atoms. The summed E-state index contributed by atoms with van der Waals surface area (Å²) >= 11 is 1.46. The van der Waals surface area contributed by atoms with Gasteiger partial charge in [0.1, 0.15) is 10.3 Å². The minimum Gasteiger partial charge on any atom is -0.311 e. The van der Waals surface area contributed by atoms with Gasteiger partial charge in [0.25, 0.3) is 0 Å². The minimum atomic E-state index is 0.0938. The molecule has 0 aliphatic carbocycles. The average molecular weight is 287 g/mol. The van der Waals surface area contributed by atoms with Crippen LogP contribution in [-0.4, -0.2) is 27.8 Å². The molecule has 2 atom stereocenters. The highest BCUT2D eigenvalue weighted by atomic mass is 32.1. The topological polar surface area (TPSA) is 54.9 Å². The lowest BCUT2D eigenvalue weighted by Gasteiger charge is -2.28. The van der Waals surface area contributed by atoms with Gasteiger partial charge in [-0.1, -0.05) is 0 Å². The maximum atomic E-state index is 11.4. The molecule has 5 heteroatoms. The molecule has 0 spiro atoms. The highest BCUT2D eigenvalue weighted by Gasteiger charge is 2.34. The smallest absolute Gasteiger partial charge is 0.169 e. The Morgan fingerprint density at radius 2 is 2.10 bits per heavy atom. The number of carbonyl (C=O) groups excluding carboxylic acids is 1. The molecular formula is C15H17N3OS. The molecular weight excluding hydrogens is 270 g/mol. The quantitative estimate of drug-likeness (QED) is 0.863. The molecule has 2 aromatic heterocycles. The van der Waals surface area contributed by atoms with E-state index in [0.29, 0.717) is 18.0 Å². The van der Waals surface area contributed by atoms with Crippen molar-refractivity contribution in [2.75, 3.05) is 0 Å². The number of piperidine rings is 1. The molecule has 4 nitrogen and oxygen atoms in total. The number of thiophene rings is 1. The van der Waals surface area contributed by atoms with Crippen LogP contribution in [0.5, 0.6) is 0 Å². The molecule has 4 heterocycles. The Morgan fingerprint density at radius 3 is 2.80 bits per heavy atom. The number of nitrogens with zero attached hydrogens (tertiary/aromatic N) is 2. The SMILES string of the molecule is CC(=O)c1cc2ncc(C3CC4CCC(C3)N4)nc2s1. The summed E-state index contributed by atoms with van der Waals surface area (Å²) in [6.45, 7) is 1.59. The number of aromatic nitrogens is 2. The Balaban J connectivity index is 1.68. The molecule has 1 N–H and O–H groups in total. The molecule has 2 saturated heterocycles. The second-order valence-electron chi connectivity index (χ2n) is 5.96. The molecule has 2 unspecified atom stereocenters. The van der Waals surface area contributed by atoms with Crippen LogP contribution in [0.3, 0.4) is 0 Å². The molecule has 0 radical (unpaired) electrons. The first-order valence-electron chi connectivity index (χ1n) is 7.22. The van der Waals surface area contributed by atoms with Crippen LogP contribution in [0.2, 0.25) is 0 Å². The van der Waals surface area contributed by atoms with E-state index in [0.717, 1.165) is 20.9 Å². The Bertz CT molecular complexity index is 669. The number of fused-ring (bicyclic) bond motifs is 3. The minimum absolute atomic E-state index is 0.0938. The third kappa shape index (κ3) is 2.05. The van der Waals surface area contributed by atoms with Gasteiger partial charge < -0.3 is 5.32 Å². The lowest BCUT2D eigenvalue weighted by Crippen LogP contribution is -2.37. The number of hydrogen-bond acceptors (Lipinski definition) is 5.